The van der Waals surface area contributed by atoms with Crippen molar-refractivity contribution in [1.29, 1.82) is 0 Å². The first-order valence-electron chi connectivity index (χ1n) is 4.10. The van der Waals surface area contributed by atoms with E-state index < -0.39 is 52.0 Å². The van der Waals surface area contributed by atoms with Crippen LogP contribution in [0.25, 0.3) is 0 Å². The first-order valence-corrected chi connectivity index (χ1v) is 4.10. The molecule has 0 aliphatic heterocycles. The van der Waals surface area contributed by atoms with E-state index in [-0.39, 0.29) is 0 Å². The lowest BCUT2D eigenvalue weighted by Gasteiger charge is -2.09. The number of carbonyl (C=O) groups is 3. The number of carboxylic acids is 3. The fourth-order valence-electron chi connectivity index (χ4n) is 1.28. The molecule has 0 saturated carbocycles. The molecule has 1 aromatic carbocycles. The van der Waals surface area contributed by atoms with Crippen LogP contribution in [0.3, 0.4) is 0 Å². The molecule has 0 aliphatic rings. The van der Waals surface area contributed by atoms with Gasteiger partial charge in [-0.25, -0.2) is 27.6 Å². The number of rotatable bonds is 3. The summed E-state index contributed by atoms with van der Waals surface area (Å²) in [7, 11) is 0. The van der Waals surface area contributed by atoms with Crippen LogP contribution in [0, 0.1) is 17.5 Å². The largest absolute Gasteiger partial charge is 0.478 e. The van der Waals surface area contributed by atoms with Crippen LogP contribution in [-0.2, 0) is 0 Å². The third kappa shape index (κ3) is 1.85. The second kappa shape index (κ2) is 4.35. The van der Waals surface area contributed by atoms with Crippen molar-refractivity contribution in [2.45, 2.75) is 0 Å². The Labute approximate surface area is 95.9 Å². The van der Waals surface area contributed by atoms with Gasteiger partial charge in [0.25, 0.3) is 0 Å². The van der Waals surface area contributed by atoms with Crippen LogP contribution in [0.5, 0.6) is 0 Å². The minimum absolute atomic E-state index is 1.66. The fourth-order valence-corrected chi connectivity index (χ4v) is 1.28. The van der Waals surface area contributed by atoms with Gasteiger partial charge in [-0.2, -0.15) is 0 Å². The monoisotopic (exact) mass is 264 g/mol. The van der Waals surface area contributed by atoms with E-state index in [9.17, 15) is 27.6 Å². The van der Waals surface area contributed by atoms with Crippen molar-refractivity contribution in [2.75, 3.05) is 0 Å². The van der Waals surface area contributed by atoms with Crippen LogP contribution >= 0.6 is 0 Å². The first-order chi connectivity index (χ1) is 8.20. The Bertz CT molecular complexity index is 539. The molecule has 0 unspecified atom stereocenters. The standard InChI is InChI=1S/C9H3F3O6/c10-4-2(8(15)16)1(7(13)14)3(9(17)18)5(11)6(4)12/h(H,13,14)(H,15,16)(H,17,18). The highest BCUT2D eigenvalue weighted by atomic mass is 19.2. The Morgan fingerprint density at radius 1 is 0.611 bits per heavy atom. The van der Waals surface area contributed by atoms with Crippen LogP contribution in [0.15, 0.2) is 0 Å². The molecular weight excluding hydrogens is 261 g/mol. The van der Waals surface area contributed by atoms with Gasteiger partial charge in [-0.1, -0.05) is 0 Å². The molecule has 96 valence electrons. The van der Waals surface area contributed by atoms with Gasteiger partial charge in [-0.05, 0) is 0 Å². The van der Waals surface area contributed by atoms with Gasteiger partial charge in [0, 0.05) is 0 Å². The summed E-state index contributed by atoms with van der Waals surface area (Å²) in [5.41, 5.74) is -5.16. The van der Waals surface area contributed by atoms with Gasteiger partial charge in [0.05, 0.1) is 5.56 Å². The van der Waals surface area contributed by atoms with Crippen molar-refractivity contribution in [2.24, 2.45) is 0 Å². The Kier molecular flexibility index (Phi) is 3.26. The molecule has 0 radical (unpaired) electrons. The topological polar surface area (TPSA) is 112 Å². The maximum Gasteiger partial charge on any atom is 0.339 e. The predicted molar refractivity (Wildman–Crippen MR) is 47.2 cm³/mol. The van der Waals surface area contributed by atoms with Crippen molar-refractivity contribution in [3.63, 3.8) is 0 Å². The smallest absolute Gasteiger partial charge is 0.339 e. The molecule has 0 aromatic heterocycles. The highest BCUT2D eigenvalue weighted by molar-refractivity contribution is 6.09. The average molecular weight is 264 g/mol. The summed E-state index contributed by atoms with van der Waals surface area (Å²) < 4.78 is 39.2. The van der Waals surface area contributed by atoms with Crippen LogP contribution in [-0.4, -0.2) is 33.2 Å². The summed E-state index contributed by atoms with van der Waals surface area (Å²) in [6.45, 7) is 0. The lowest BCUT2D eigenvalue weighted by Crippen LogP contribution is -2.20. The Morgan fingerprint density at radius 3 is 1.11 bits per heavy atom. The van der Waals surface area contributed by atoms with Crippen LogP contribution in [0.1, 0.15) is 31.1 Å². The third-order valence-electron chi connectivity index (χ3n) is 1.97. The highest BCUT2D eigenvalue weighted by Crippen LogP contribution is 2.25. The molecule has 6 nitrogen and oxygen atoms in total. The van der Waals surface area contributed by atoms with Crippen LogP contribution in [0.4, 0.5) is 13.2 Å². The minimum Gasteiger partial charge on any atom is -0.478 e. The molecule has 3 N–H and O–H groups in total. The van der Waals surface area contributed by atoms with Crippen molar-refractivity contribution < 1.29 is 42.9 Å². The van der Waals surface area contributed by atoms with Crippen LogP contribution in [0.2, 0.25) is 0 Å². The first kappa shape index (κ1) is 13.5. The molecule has 9 heteroatoms. The highest BCUT2D eigenvalue weighted by Gasteiger charge is 2.34. The molecular formula is C9H3F3O6. The van der Waals surface area contributed by atoms with Gasteiger partial charge in [0.15, 0.2) is 17.5 Å². The summed E-state index contributed by atoms with van der Waals surface area (Å²) >= 11 is 0. The van der Waals surface area contributed by atoms with Crippen molar-refractivity contribution in [3.05, 3.63) is 34.1 Å². The fraction of sp³-hybridized carbons (Fsp3) is 0. The number of halogens is 3. The van der Waals surface area contributed by atoms with E-state index >= 15 is 0 Å². The van der Waals surface area contributed by atoms with Gasteiger partial charge in [0.1, 0.15) is 11.1 Å². The second-order valence-corrected chi connectivity index (χ2v) is 2.98. The molecule has 0 bridgehead atoms. The minimum atomic E-state index is -2.37. The average Bonchev–Trinajstić information content (AvgIpc) is 2.23. The molecule has 18 heavy (non-hydrogen) atoms. The van der Waals surface area contributed by atoms with Gasteiger partial charge in [-0.15, -0.1) is 0 Å². The Balaban J connectivity index is 3.99. The summed E-state index contributed by atoms with van der Waals surface area (Å²) in [5, 5.41) is 25.7. The maximum atomic E-state index is 13.1. The van der Waals surface area contributed by atoms with E-state index in [1.165, 1.54) is 0 Å². The van der Waals surface area contributed by atoms with Gasteiger partial charge in [0.2, 0.25) is 0 Å². The van der Waals surface area contributed by atoms with E-state index in [2.05, 4.69) is 0 Å². The lowest BCUT2D eigenvalue weighted by molar-refractivity contribution is 0.0624. The second-order valence-electron chi connectivity index (χ2n) is 2.98. The zero-order chi connectivity index (χ0) is 14.2. The van der Waals surface area contributed by atoms with E-state index in [4.69, 9.17) is 15.3 Å². The normalized spacial score (nSPS) is 10.2. The zero-order valence-electron chi connectivity index (χ0n) is 8.20. The number of hydrogen-bond acceptors (Lipinski definition) is 3. The third-order valence-corrected chi connectivity index (χ3v) is 1.97. The summed E-state index contributed by atoms with van der Waals surface area (Å²) in [6.07, 6.45) is 0. The molecule has 0 spiro atoms. The van der Waals surface area contributed by atoms with Crippen molar-refractivity contribution in [3.8, 4) is 0 Å². The molecule has 1 rings (SSSR count). The van der Waals surface area contributed by atoms with E-state index in [1.807, 2.05) is 0 Å². The number of aromatic carboxylic acids is 3. The van der Waals surface area contributed by atoms with Crippen molar-refractivity contribution >= 4 is 17.9 Å². The predicted octanol–water partition coefficient (Wildman–Crippen LogP) is 1.20. The molecule has 0 atom stereocenters. The summed E-state index contributed by atoms with van der Waals surface area (Å²) in [5.74, 6) is -13.6. The quantitative estimate of drug-likeness (QED) is 0.707. The van der Waals surface area contributed by atoms with Gasteiger partial charge < -0.3 is 15.3 Å². The molecule has 0 aliphatic carbocycles. The Hall–Kier alpha value is -2.58. The zero-order valence-corrected chi connectivity index (χ0v) is 8.20. The number of benzene rings is 1. The summed E-state index contributed by atoms with van der Waals surface area (Å²) in [6, 6.07) is 0. The van der Waals surface area contributed by atoms with Crippen molar-refractivity contribution in [1.82, 2.24) is 0 Å². The van der Waals surface area contributed by atoms with E-state index in [0.717, 1.165) is 0 Å². The SMILES string of the molecule is O=C(O)c1c(F)c(F)c(F)c(C(=O)O)c1C(=O)O. The van der Waals surface area contributed by atoms with Gasteiger partial charge in [-0.3, -0.25) is 0 Å². The summed E-state index contributed by atoms with van der Waals surface area (Å²) in [4.78, 5) is 31.9. The van der Waals surface area contributed by atoms with Gasteiger partial charge >= 0.3 is 17.9 Å². The molecule has 0 fully saturated rings. The lowest BCUT2D eigenvalue weighted by atomic mass is 9.99. The molecule has 0 heterocycles. The van der Waals surface area contributed by atoms with Crippen LogP contribution < -0.4 is 0 Å². The maximum absolute atomic E-state index is 13.1. The Morgan fingerprint density at radius 2 is 0.889 bits per heavy atom. The van der Waals surface area contributed by atoms with E-state index in [1.54, 1.807) is 0 Å². The number of carboxylic acid groups (broad SMARTS) is 3. The van der Waals surface area contributed by atoms with E-state index in [0.29, 0.717) is 0 Å². The molecule has 0 saturated heterocycles. The molecule has 0 amide bonds. The number of hydrogen-bond donors (Lipinski definition) is 3. The molecule has 1 aromatic rings.